The summed E-state index contributed by atoms with van der Waals surface area (Å²) < 4.78 is 1.81. The van der Waals surface area contributed by atoms with Crippen molar-refractivity contribution in [1.29, 1.82) is 0 Å². The third kappa shape index (κ3) is 2.43. The van der Waals surface area contributed by atoms with Crippen molar-refractivity contribution in [3.05, 3.63) is 40.7 Å². The summed E-state index contributed by atoms with van der Waals surface area (Å²) in [6.45, 7) is 6.90. The highest BCUT2D eigenvalue weighted by molar-refractivity contribution is 5.77. The number of fused-ring (bicyclic) bond motifs is 1. The molecule has 96 valence electrons. The lowest BCUT2D eigenvalue weighted by atomic mass is 9.87. The highest BCUT2D eigenvalue weighted by Crippen LogP contribution is 2.19. The van der Waals surface area contributed by atoms with Crippen molar-refractivity contribution in [1.82, 2.24) is 9.78 Å². The number of hydrogen-bond acceptors (Lipinski definition) is 3. The van der Waals surface area contributed by atoms with Crippen LogP contribution in [0.2, 0.25) is 0 Å². The van der Waals surface area contributed by atoms with Crippen LogP contribution < -0.4 is 11.2 Å². The molecule has 18 heavy (non-hydrogen) atoms. The zero-order valence-electron chi connectivity index (χ0n) is 11.1. The van der Waals surface area contributed by atoms with Crippen molar-refractivity contribution >= 4 is 10.9 Å². The van der Waals surface area contributed by atoms with E-state index < -0.39 is 0 Å². The van der Waals surface area contributed by atoms with Gasteiger partial charge < -0.3 is 5.73 Å². The maximum atomic E-state index is 11.7. The van der Waals surface area contributed by atoms with Crippen LogP contribution in [0.15, 0.2) is 35.3 Å². The van der Waals surface area contributed by atoms with E-state index in [1.54, 1.807) is 0 Å². The highest BCUT2D eigenvalue weighted by atomic mass is 16.1. The summed E-state index contributed by atoms with van der Waals surface area (Å²) in [5, 5.41) is 4.87. The standard InChI is InChI=1S/C14H19N3O/c1-14(2,3)13(15)9-17-11-7-5-4-6-10(11)12(18)8-16-17/h4-8,13H,9,15H2,1-3H3. The van der Waals surface area contributed by atoms with Gasteiger partial charge in [0.05, 0.1) is 18.3 Å². The van der Waals surface area contributed by atoms with Crippen molar-refractivity contribution in [3.63, 3.8) is 0 Å². The molecule has 2 rings (SSSR count). The SMILES string of the molecule is CC(C)(C)C(N)Cn1ncc(=O)c2ccccc21. The fourth-order valence-electron chi connectivity index (χ4n) is 1.77. The summed E-state index contributed by atoms with van der Waals surface area (Å²) in [6.07, 6.45) is 1.36. The Bertz CT molecular complexity index is 610. The van der Waals surface area contributed by atoms with E-state index in [-0.39, 0.29) is 16.9 Å². The monoisotopic (exact) mass is 245 g/mol. The summed E-state index contributed by atoms with van der Waals surface area (Å²) in [5.74, 6) is 0. The Morgan fingerprint density at radius 2 is 2.00 bits per heavy atom. The number of nitrogens with zero attached hydrogens (tertiary/aromatic N) is 2. The Kier molecular flexibility index (Phi) is 3.22. The van der Waals surface area contributed by atoms with E-state index in [0.29, 0.717) is 11.9 Å². The fourth-order valence-corrected chi connectivity index (χ4v) is 1.77. The van der Waals surface area contributed by atoms with Crippen LogP contribution in [0.3, 0.4) is 0 Å². The molecule has 1 atom stereocenters. The smallest absolute Gasteiger partial charge is 0.207 e. The third-order valence-electron chi connectivity index (χ3n) is 3.24. The lowest BCUT2D eigenvalue weighted by molar-refractivity contribution is 0.285. The summed E-state index contributed by atoms with van der Waals surface area (Å²) >= 11 is 0. The Labute approximate surface area is 106 Å². The summed E-state index contributed by atoms with van der Waals surface area (Å²) in [7, 11) is 0. The Morgan fingerprint density at radius 1 is 1.33 bits per heavy atom. The van der Waals surface area contributed by atoms with Gasteiger partial charge in [-0.15, -0.1) is 0 Å². The molecule has 0 saturated heterocycles. The number of hydrogen-bond donors (Lipinski definition) is 1. The zero-order valence-corrected chi connectivity index (χ0v) is 11.1. The van der Waals surface area contributed by atoms with E-state index in [2.05, 4.69) is 25.9 Å². The first-order chi connectivity index (χ1) is 8.39. The average molecular weight is 245 g/mol. The van der Waals surface area contributed by atoms with E-state index in [1.807, 2.05) is 28.9 Å². The van der Waals surface area contributed by atoms with E-state index in [4.69, 9.17) is 5.73 Å². The molecule has 1 unspecified atom stereocenters. The van der Waals surface area contributed by atoms with Gasteiger partial charge >= 0.3 is 0 Å². The molecule has 4 heteroatoms. The number of benzene rings is 1. The lowest BCUT2D eigenvalue weighted by Crippen LogP contribution is -2.39. The molecule has 0 aliphatic heterocycles. The van der Waals surface area contributed by atoms with Crippen LogP contribution in [0.1, 0.15) is 20.8 Å². The minimum Gasteiger partial charge on any atom is -0.326 e. The number of aromatic nitrogens is 2. The molecule has 4 nitrogen and oxygen atoms in total. The molecule has 1 heterocycles. The third-order valence-corrected chi connectivity index (χ3v) is 3.24. The molecule has 0 aliphatic carbocycles. The molecule has 0 aliphatic rings. The van der Waals surface area contributed by atoms with Crippen molar-refractivity contribution in [2.24, 2.45) is 11.1 Å². The van der Waals surface area contributed by atoms with Gasteiger partial charge in [-0.1, -0.05) is 32.9 Å². The highest BCUT2D eigenvalue weighted by Gasteiger charge is 2.21. The van der Waals surface area contributed by atoms with Crippen LogP contribution in [0.5, 0.6) is 0 Å². The Morgan fingerprint density at radius 3 is 2.67 bits per heavy atom. The van der Waals surface area contributed by atoms with Gasteiger partial charge in [0.1, 0.15) is 0 Å². The van der Waals surface area contributed by atoms with Gasteiger partial charge in [-0.2, -0.15) is 5.10 Å². The van der Waals surface area contributed by atoms with Gasteiger partial charge in [0.15, 0.2) is 0 Å². The Balaban J connectivity index is 2.47. The topological polar surface area (TPSA) is 60.9 Å². The van der Waals surface area contributed by atoms with Crippen LogP contribution in [0.25, 0.3) is 10.9 Å². The molecule has 2 aromatic rings. The van der Waals surface area contributed by atoms with Crippen molar-refractivity contribution in [2.45, 2.75) is 33.4 Å². The second kappa shape index (κ2) is 4.53. The van der Waals surface area contributed by atoms with Crippen molar-refractivity contribution in [2.75, 3.05) is 0 Å². The van der Waals surface area contributed by atoms with Crippen LogP contribution in [-0.2, 0) is 6.54 Å². The first-order valence-electron chi connectivity index (χ1n) is 6.10. The second-order valence-electron chi connectivity index (χ2n) is 5.68. The van der Waals surface area contributed by atoms with E-state index in [9.17, 15) is 4.79 Å². The predicted molar refractivity (Wildman–Crippen MR) is 73.4 cm³/mol. The van der Waals surface area contributed by atoms with Crippen molar-refractivity contribution in [3.8, 4) is 0 Å². The predicted octanol–water partition coefficient (Wildman–Crippen LogP) is 1.77. The average Bonchev–Trinajstić information content (AvgIpc) is 2.32. The van der Waals surface area contributed by atoms with Crippen LogP contribution in [-0.4, -0.2) is 15.8 Å². The minimum atomic E-state index is -0.0498. The van der Waals surface area contributed by atoms with Crippen LogP contribution in [0, 0.1) is 5.41 Å². The molecular formula is C14H19N3O. The van der Waals surface area contributed by atoms with Gasteiger partial charge in [0.2, 0.25) is 5.43 Å². The van der Waals surface area contributed by atoms with Crippen LogP contribution in [0.4, 0.5) is 0 Å². The van der Waals surface area contributed by atoms with Gasteiger partial charge in [-0.05, 0) is 17.5 Å². The normalized spacial score (nSPS) is 13.8. The van der Waals surface area contributed by atoms with Gasteiger partial charge in [-0.25, -0.2) is 0 Å². The first kappa shape index (κ1) is 12.8. The van der Waals surface area contributed by atoms with Gasteiger partial charge in [-0.3, -0.25) is 9.48 Å². The maximum Gasteiger partial charge on any atom is 0.207 e. The number of para-hydroxylation sites is 1. The fraction of sp³-hybridized carbons (Fsp3) is 0.429. The molecule has 0 spiro atoms. The molecular weight excluding hydrogens is 226 g/mol. The molecule has 2 N–H and O–H groups in total. The number of rotatable bonds is 2. The molecule has 0 amide bonds. The van der Waals surface area contributed by atoms with Crippen LogP contribution >= 0.6 is 0 Å². The molecule has 1 aromatic heterocycles. The summed E-state index contributed by atoms with van der Waals surface area (Å²) in [6, 6.07) is 7.47. The molecule has 0 bridgehead atoms. The van der Waals surface area contributed by atoms with E-state index in [0.717, 1.165) is 5.52 Å². The molecule has 0 radical (unpaired) electrons. The summed E-state index contributed by atoms with van der Waals surface area (Å²) in [4.78, 5) is 11.7. The van der Waals surface area contributed by atoms with Gasteiger partial charge in [0.25, 0.3) is 0 Å². The van der Waals surface area contributed by atoms with Gasteiger partial charge in [0, 0.05) is 11.4 Å². The van der Waals surface area contributed by atoms with E-state index >= 15 is 0 Å². The molecule has 0 fully saturated rings. The Hall–Kier alpha value is -1.68. The number of nitrogens with two attached hydrogens (primary N) is 1. The minimum absolute atomic E-state index is 0.00587. The largest absolute Gasteiger partial charge is 0.326 e. The molecule has 1 aromatic carbocycles. The zero-order chi connectivity index (χ0) is 13.3. The summed E-state index contributed by atoms with van der Waals surface area (Å²) in [5.41, 5.74) is 6.97. The second-order valence-corrected chi connectivity index (χ2v) is 5.68. The van der Waals surface area contributed by atoms with Crippen molar-refractivity contribution < 1.29 is 0 Å². The first-order valence-corrected chi connectivity index (χ1v) is 6.10. The quantitative estimate of drug-likeness (QED) is 0.877. The molecule has 0 saturated carbocycles. The lowest BCUT2D eigenvalue weighted by Gasteiger charge is -2.27. The van der Waals surface area contributed by atoms with E-state index in [1.165, 1.54) is 6.20 Å². The maximum absolute atomic E-state index is 11.7.